The monoisotopic (exact) mass is 298 g/mol. The highest BCUT2D eigenvalue weighted by atomic mass is 32.2. The molecular formula is C13H22N4S2. The average Bonchev–Trinajstić information content (AvgIpc) is 2.86. The summed E-state index contributed by atoms with van der Waals surface area (Å²) >= 11 is 3.45. The van der Waals surface area contributed by atoms with Gasteiger partial charge < -0.3 is 10.2 Å². The van der Waals surface area contributed by atoms with Crippen LogP contribution in [0.4, 0.5) is 5.13 Å². The molecule has 1 atom stereocenters. The Morgan fingerprint density at radius 3 is 3.21 bits per heavy atom. The maximum Gasteiger partial charge on any atom is 0.206 e. The summed E-state index contributed by atoms with van der Waals surface area (Å²) in [6.45, 7) is 5.67. The van der Waals surface area contributed by atoms with Crippen molar-refractivity contribution in [3.63, 3.8) is 0 Å². The molecule has 0 aromatic carbocycles. The predicted molar refractivity (Wildman–Crippen MR) is 84.2 cm³/mol. The molecule has 1 aromatic rings. The third-order valence-electron chi connectivity index (χ3n) is 3.40. The largest absolute Gasteiger partial charge is 0.357 e. The number of hydrogen-bond acceptors (Lipinski definition) is 6. The molecule has 4 nitrogen and oxygen atoms in total. The van der Waals surface area contributed by atoms with Crippen LogP contribution in [0.1, 0.15) is 25.7 Å². The molecule has 1 unspecified atom stereocenters. The van der Waals surface area contributed by atoms with Crippen LogP contribution in [-0.2, 0) is 0 Å². The smallest absolute Gasteiger partial charge is 0.206 e. The van der Waals surface area contributed by atoms with E-state index in [1.54, 1.807) is 11.3 Å². The van der Waals surface area contributed by atoms with Crippen LogP contribution < -0.4 is 5.32 Å². The van der Waals surface area contributed by atoms with Crippen LogP contribution >= 0.6 is 23.1 Å². The average molecular weight is 298 g/mol. The summed E-state index contributed by atoms with van der Waals surface area (Å²) in [5.41, 5.74) is 0. The van der Waals surface area contributed by atoms with Gasteiger partial charge in [0.05, 0.1) is 0 Å². The van der Waals surface area contributed by atoms with Crippen LogP contribution in [0.3, 0.4) is 0 Å². The van der Waals surface area contributed by atoms with Crippen molar-refractivity contribution in [2.24, 2.45) is 0 Å². The first kappa shape index (κ1) is 14.8. The van der Waals surface area contributed by atoms with Crippen molar-refractivity contribution >= 4 is 28.2 Å². The number of thioether (sulfide) groups is 1. The molecule has 0 radical (unpaired) electrons. The number of anilines is 1. The number of piperidine rings is 1. The molecular weight excluding hydrogens is 276 g/mol. The van der Waals surface area contributed by atoms with E-state index in [4.69, 9.17) is 0 Å². The second-order valence-corrected chi connectivity index (χ2v) is 7.13. The molecule has 2 rings (SSSR count). The fourth-order valence-corrected chi connectivity index (χ4v) is 4.16. The molecule has 19 heavy (non-hydrogen) atoms. The normalized spacial score (nSPS) is 20.4. The fourth-order valence-electron chi connectivity index (χ4n) is 2.29. The van der Waals surface area contributed by atoms with Crippen molar-refractivity contribution in [1.29, 1.82) is 0 Å². The Morgan fingerprint density at radius 1 is 1.53 bits per heavy atom. The standard InChI is InChI=1S/C13H22N4S2/c1-3-8-14-12-15-16-13(19-12)18-10-7-11-6-4-5-9-17(11)2/h3,11H,1,4-10H2,2H3,(H,14,15). The van der Waals surface area contributed by atoms with Crippen LogP contribution in [0, 0.1) is 0 Å². The van der Waals surface area contributed by atoms with Gasteiger partial charge in [-0.15, -0.1) is 16.8 Å². The van der Waals surface area contributed by atoms with Crippen molar-refractivity contribution in [1.82, 2.24) is 15.1 Å². The fraction of sp³-hybridized carbons (Fsp3) is 0.692. The van der Waals surface area contributed by atoms with E-state index in [0.717, 1.165) is 27.8 Å². The quantitative estimate of drug-likeness (QED) is 0.619. The van der Waals surface area contributed by atoms with Gasteiger partial charge in [-0.05, 0) is 32.9 Å². The Bertz CT molecular complexity index is 394. The molecule has 2 heterocycles. The zero-order valence-corrected chi connectivity index (χ0v) is 13.1. The third kappa shape index (κ3) is 4.78. The zero-order valence-electron chi connectivity index (χ0n) is 11.5. The number of aromatic nitrogens is 2. The van der Waals surface area contributed by atoms with Crippen LogP contribution in [0.25, 0.3) is 0 Å². The number of rotatable bonds is 7. The molecule has 1 aliphatic rings. The molecule has 1 saturated heterocycles. The van der Waals surface area contributed by atoms with Crippen LogP contribution in [0.2, 0.25) is 0 Å². The minimum atomic E-state index is 0.742. The summed E-state index contributed by atoms with van der Waals surface area (Å²) in [5.74, 6) is 1.13. The summed E-state index contributed by atoms with van der Waals surface area (Å²) in [7, 11) is 2.25. The predicted octanol–water partition coefficient (Wildman–Crippen LogP) is 3.10. The van der Waals surface area contributed by atoms with Gasteiger partial charge in [-0.1, -0.05) is 35.6 Å². The summed E-state index contributed by atoms with van der Waals surface area (Å²) < 4.78 is 1.06. The Morgan fingerprint density at radius 2 is 2.42 bits per heavy atom. The third-order valence-corrected chi connectivity index (χ3v) is 5.45. The van der Waals surface area contributed by atoms with Crippen molar-refractivity contribution in [3.05, 3.63) is 12.7 Å². The Balaban J connectivity index is 1.70. The molecule has 106 valence electrons. The second-order valence-electron chi connectivity index (χ2n) is 4.81. The highest BCUT2D eigenvalue weighted by Gasteiger charge is 2.18. The van der Waals surface area contributed by atoms with Gasteiger partial charge in [0.2, 0.25) is 5.13 Å². The lowest BCUT2D eigenvalue weighted by Gasteiger charge is -2.32. The lowest BCUT2D eigenvalue weighted by molar-refractivity contribution is 0.182. The summed E-state index contributed by atoms with van der Waals surface area (Å²) in [6.07, 6.45) is 7.16. The summed E-state index contributed by atoms with van der Waals surface area (Å²) in [5, 5.41) is 12.4. The second kappa shape index (κ2) is 7.87. The Labute approximate surface area is 123 Å². The van der Waals surface area contributed by atoms with E-state index < -0.39 is 0 Å². The van der Waals surface area contributed by atoms with E-state index in [1.165, 1.54) is 32.2 Å². The first-order chi connectivity index (χ1) is 9.29. The van der Waals surface area contributed by atoms with Crippen LogP contribution in [0.5, 0.6) is 0 Å². The molecule has 0 saturated carbocycles. The first-order valence-corrected chi connectivity index (χ1v) is 8.61. The molecule has 1 aromatic heterocycles. The van der Waals surface area contributed by atoms with Crippen molar-refractivity contribution in [2.45, 2.75) is 36.1 Å². The van der Waals surface area contributed by atoms with Crippen molar-refractivity contribution in [3.8, 4) is 0 Å². The first-order valence-electron chi connectivity index (χ1n) is 6.81. The zero-order chi connectivity index (χ0) is 13.5. The van der Waals surface area contributed by atoms with Gasteiger partial charge in [-0.25, -0.2) is 0 Å². The number of nitrogens with zero attached hydrogens (tertiary/aromatic N) is 3. The molecule has 0 bridgehead atoms. The van der Waals surface area contributed by atoms with Crippen LogP contribution in [0.15, 0.2) is 17.0 Å². The van der Waals surface area contributed by atoms with E-state index in [1.807, 2.05) is 17.8 Å². The topological polar surface area (TPSA) is 41.1 Å². The summed E-state index contributed by atoms with van der Waals surface area (Å²) in [6, 6.07) is 0.757. The van der Waals surface area contributed by atoms with Gasteiger partial charge in [0.1, 0.15) is 0 Å². The van der Waals surface area contributed by atoms with E-state index in [9.17, 15) is 0 Å². The SMILES string of the molecule is C=CCNc1nnc(SCCC2CCCCN2C)s1. The van der Waals surface area contributed by atoms with Gasteiger partial charge in [-0.2, -0.15) is 0 Å². The minimum Gasteiger partial charge on any atom is -0.357 e. The lowest BCUT2D eigenvalue weighted by Crippen LogP contribution is -2.36. The molecule has 0 aliphatic carbocycles. The van der Waals surface area contributed by atoms with Gasteiger partial charge in [0.25, 0.3) is 0 Å². The molecule has 6 heteroatoms. The van der Waals surface area contributed by atoms with Crippen molar-refractivity contribution < 1.29 is 0 Å². The van der Waals surface area contributed by atoms with E-state index >= 15 is 0 Å². The Hall–Kier alpha value is -0.590. The highest BCUT2D eigenvalue weighted by Crippen LogP contribution is 2.27. The maximum atomic E-state index is 4.19. The van der Waals surface area contributed by atoms with E-state index in [-0.39, 0.29) is 0 Å². The van der Waals surface area contributed by atoms with Crippen molar-refractivity contribution in [2.75, 3.05) is 31.2 Å². The molecule has 0 spiro atoms. The van der Waals surface area contributed by atoms with Gasteiger partial charge in [0.15, 0.2) is 4.34 Å². The highest BCUT2D eigenvalue weighted by molar-refractivity contribution is 8.01. The summed E-state index contributed by atoms with van der Waals surface area (Å²) in [4.78, 5) is 2.50. The molecule has 1 fully saturated rings. The number of nitrogens with one attached hydrogen (secondary N) is 1. The van der Waals surface area contributed by atoms with E-state index in [2.05, 4.69) is 34.0 Å². The van der Waals surface area contributed by atoms with E-state index in [0.29, 0.717) is 0 Å². The minimum absolute atomic E-state index is 0.742. The number of likely N-dealkylation sites (tertiary alicyclic amines) is 1. The Kier molecular flexibility index (Phi) is 6.13. The van der Waals surface area contributed by atoms with Gasteiger partial charge in [-0.3, -0.25) is 0 Å². The molecule has 0 amide bonds. The van der Waals surface area contributed by atoms with Gasteiger partial charge >= 0.3 is 0 Å². The van der Waals surface area contributed by atoms with Crippen LogP contribution in [-0.4, -0.2) is 47.0 Å². The molecule has 1 N–H and O–H groups in total. The molecule has 1 aliphatic heterocycles. The number of hydrogen-bond donors (Lipinski definition) is 1. The maximum absolute atomic E-state index is 4.19. The lowest BCUT2D eigenvalue weighted by atomic mass is 10.0. The van der Waals surface area contributed by atoms with Gasteiger partial charge in [0, 0.05) is 18.3 Å².